The highest BCUT2D eigenvalue weighted by atomic mass is 31.2. The maximum Gasteiger partial charge on any atom is 0.344 e. The predicted octanol–water partition coefficient (Wildman–Crippen LogP) is 4.57. The van der Waals surface area contributed by atoms with Gasteiger partial charge in [0.1, 0.15) is 22.6 Å². The third kappa shape index (κ3) is 2.97. The van der Waals surface area contributed by atoms with Gasteiger partial charge in [-0.3, -0.25) is 4.57 Å². The minimum absolute atomic E-state index is 0.0102. The van der Waals surface area contributed by atoms with E-state index in [9.17, 15) is 27.5 Å². The van der Waals surface area contributed by atoms with Crippen molar-refractivity contribution in [1.29, 1.82) is 0 Å². The summed E-state index contributed by atoms with van der Waals surface area (Å²) in [5.74, 6) is -2.06. The van der Waals surface area contributed by atoms with E-state index in [2.05, 4.69) is 0 Å². The van der Waals surface area contributed by atoms with Crippen LogP contribution in [-0.4, -0.2) is 9.79 Å². The molecular weight excluding hydrogens is 364 g/mol. The number of benzene rings is 3. The zero-order chi connectivity index (χ0) is 18.9. The summed E-state index contributed by atoms with van der Waals surface area (Å²) in [7, 11) is -5.11. The molecule has 134 valence electrons. The van der Waals surface area contributed by atoms with E-state index in [1.807, 2.05) is 0 Å². The molecule has 0 bridgehead atoms. The minimum atomic E-state index is -5.11. The lowest BCUT2D eigenvalue weighted by Gasteiger charge is -2.36. The van der Waals surface area contributed by atoms with Crippen LogP contribution in [0.25, 0.3) is 0 Å². The van der Waals surface area contributed by atoms with Crippen LogP contribution >= 0.6 is 7.60 Å². The third-order valence-corrected chi connectivity index (χ3v) is 5.86. The Bertz CT molecular complexity index is 921. The summed E-state index contributed by atoms with van der Waals surface area (Å²) in [5, 5.41) is -2.25. The van der Waals surface area contributed by atoms with Gasteiger partial charge in [0.25, 0.3) is 0 Å². The highest BCUT2D eigenvalue weighted by molar-refractivity contribution is 7.53. The first-order chi connectivity index (χ1) is 12.3. The van der Waals surface area contributed by atoms with E-state index < -0.39 is 30.2 Å². The third-order valence-electron chi connectivity index (χ3n) is 4.22. The molecule has 0 amide bonds. The lowest BCUT2D eigenvalue weighted by atomic mass is 9.83. The molecule has 3 aromatic carbocycles. The SMILES string of the molecule is O=P(O)(O)C(c1ccc(F)cc1)(c1ccc(F)cc1)c1ccccc1F. The summed E-state index contributed by atoms with van der Waals surface area (Å²) in [6.07, 6.45) is 0. The minimum Gasteiger partial charge on any atom is -0.323 e. The van der Waals surface area contributed by atoms with Crippen molar-refractivity contribution in [2.45, 2.75) is 5.16 Å². The Hall–Kier alpha value is -2.40. The van der Waals surface area contributed by atoms with Crippen molar-refractivity contribution in [3.63, 3.8) is 0 Å². The summed E-state index contributed by atoms with van der Waals surface area (Å²) in [6.45, 7) is 0. The van der Waals surface area contributed by atoms with Crippen LogP contribution in [0.2, 0.25) is 0 Å². The molecule has 0 aliphatic rings. The van der Waals surface area contributed by atoms with Crippen LogP contribution in [0, 0.1) is 17.5 Å². The van der Waals surface area contributed by atoms with E-state index in [0.29, 0.717) is 0 Å². The molecule has 2 N–H and O–H groups in total. The second-order valence-electron chi connectivity index (χ2n) is 5.75. The summed E-state index contributed by atoms with van der Waals surface area (Å²) in [4.78, 5) is 20.6. The smallest absolute Gasteiger partial charge is 0.323 e. The van der Waals surface area contributed by atoms with E-state index in [1.54, 1.807) is 0 Å². The Morgan fingerprint density at radius 2 is 1.12 bits per heavy atom. The Morgan fingerprint density at radius 3 is 1.50 bits per heavy atom. The Morgan fingerprint density at radius 1 is 0.692 bits per heavy atom. The normalized spacial score (nSPS) is 12.2. The first-order valence-corrected chi connectivity index (χ1v) is 9.21. The summed E-state index contributed by atoms with van der Waals surface area (Å²) in [5.41, 5.74) is -0.306. The molecule has 7 heteroatoms. The summed E-state index contributed by atoms with van der Waals surface area (Å²) >= 11 is 0. The van der Waals surface area contributed by atoms with Gasteiger partial charge in [-0.1, -0.05) is 42.5 Å². The van der Waals surface area contributed by atoms with Crippen molar-refractivity contribution < 1.29 is 27.5 Å². The molecule has 0 spiro atoms. The van der Waals surface area contributed by atoms with Crippen LogP contribution in [-0.2, 0) is 9.72 Å². The fourth-order valence-electron chi connectivity index (χ4n) is 3.11. The number of hydrogen-bond donors (Lipinski definition) is 2. The zero-order valence-corrected chi connectivity index (χ0v) is 14.2. The zero-order valence-electron chi connectivity index (χ0n) is 13.3. The number of halogens is 3. The van der Waals surface area contributed by atoms with E-state index in [-0.39, 0.29) is 16.7 Å². The Kier molecular flexibility index (Phi) is 4.76. The van der Waals surface area contributed by atoms with Gasteiger partial charge in [0.05, 0.1) is 0 Å². The fraction of sp³-hybridized carbons (Fsp3) is 0.0526. The number of hydrogen-bond acceptors (Lipinski definition) is 1. The van der Waals surface area contributed by atoms with Crippen molar-refractivity contribution in [1.82, 2.24) is 0 Å². The van der Waals surface area contributed by atoms with Gasteiger partial charge >= 0.3 is 7.60 Å². The molecule has 26 heavy (non-hydrogen) atoms. The van der Waals surface area contributed by atoms with Gasteiger partial charge in [-0.25, -0.2) is 13.2 Å². The average molecular weight is 378 g/mol. The van der Waals surface area contributed by atoms with E-state index in [0.717, 1.165) is 30.3 Å². The molecule has 0 aliphatic carbocycles. The van der Waals surface area contributed by atoms with Gasteiger partial charge in [0.15, 0.2) is 0 Å². The Balaban J connectivity index is 2.47. The standard InChI is InChI=1S/C19H14F3O3P/c20-15-9-5-13(6-10-15)19(26(23,24)25,14-7-11-16(21)12-8-14)17-3-1-2-4-18(17)22/h1-12H,(H2,23,24,25). The van der Waals surface area contributed by atoms with Crippen molar-refractivity contribution >= 4 is 7.60 Å². The first-order valence-electron chi connectivity index (χ1n) is 7.59. The van der Waals surface area contributed by atoms with Crippen LogP contribution in [0.15, 0.2) is 72.8 Å². The van der Waals surface area contributed by atoms with Crippen LogP contribution in [0.1, 0.15) is 16.7 Å². The molecule has 3 rings (SSSR count). The van der Waals surface area contributed by atoms with Crippen LogP contribution in [0.4, 0.5) is 13.2 Å². The van der Waals surface area contributed by atoms with Crippen molar-refractivity contribution in [3.05, 3.63) is 107 Å². The summed E-state index contributed by atoms with van der Waals surface area (Å²) < 4.78 is 54.2. The highest BCUT2D eigenvalue weighted by Gasteiger charge is 2.52. The van der Waals surface area contributed by atoms with Gasteiger partial charge in [0.2, 0.25) is 0 Å². The topological polar surface area (TPSA) is 57.5 Å². The van der Waals surface area contributed by atoms with Crippen LogP contribution < -0.4 is 0 Å². The lowest BCUT2D eigenvalue weighted by molar-refractivity contribution is 0.347. The van der Waals surface area contributed by atoms with Crippen LogP contribution in [0.5, 0.6) is 0 Å². The maximum atomic E-state index is 14.7. The molecule has 0 saturated carbocycles. The summed E-state index contributed by atoms with van der Waals surface area (Å²) in [6, 6.07) is 14.0. The molecule has 0 atom stereocenters. The van der Waals surface area contributed by atoms with Gasteiger partial charge < -0.3 is 9.79 Å². The van der Waals surface area contributed by atoms with E-state index >= 15 is 0 Å². The largest absolute Gasteiger partial charge is 0.344 e. The molecule has 0 heterocycles. The molecule has 0 saturated heterocycles. The van der Waals surface area contributed by atoms with E-state index in [4.69, 9.17) is 0 Å². The second kappa shape index (κ2) is 6.72. The van der Waals surface area contributed by atoms with E-state index in [1.165, 1.54) is 42.5 Å². The molecule has 0 fully saturated rings. The maximum absolute atomic E-state index is 14.7. The molecule has 0 aromatic heterocycles. The van der Waals surface area contributed by atoms with Gasteiger partial charge in [-0.05, 0) is 41.5 Å². The number of rotatable bonds is 4. The van der Waals surface area contributed by atoms with Gasteiger partial charge in [-0.15, -0.1) is 0 Å². The Labute approximate surface area is 147 Å². The van der Waals surface area contributed by atoms with Crippen LogP contribution in [0.3, 0.4) is 0 Å². The highest BCUT2D eigenvalue weighted by Crippen LogP contribution is 2.64. The second-order valence-corrected chi connectivity index (χ2v) is 7.51. The molecule has 0 radical (unpaired) electrons. The van der Waals surface area contributed by atoms with Crippen molar-refractivity contribution in [2.24, 2.45) is 0 Å². The molecular formula is C19H14F3O3P. The quantitative estimate of drug-likeness (QED) is 0.516. The molecule has 3 aromatic rings. The van der Waals surface area contributed by atoms with Gasteiger partial charge in [-0.2, -0.15) is 0 Å². The molecule has 3 nitrogen and oxygen atoms in total. The predicted molar refractivity (Wildman–Crippen MR) is 91.1 cm³/mol. The average Bonchev–Trinajstić information content (AvgIpc) is 2.59. The fourth-order valence-corrected chi connectivity index (χ4v) is 4.57. The lowest BCUT2D eigenvalue weighted by Crippen LogP contribution is -2.30. The first kappa shape index (κ1) is 18.4. The monoisotopic (exact) mass is 378 g/mol. The molecule has 0 unspecified atom stereocenters. The molecule has 0 aliphatic heterocycles. The van der Waals surface area contributed by atoms with Crippen molar-refractivity contribution in [3.8, 4) is 0 Å². The van der Waals surface area contributed by atoms with Crippen molar-refractivity contribution in [2.75, 3.05) is 0 Å². The van der Waals surface area contributed by atoms with Gasteiger partial charge in [0, 0.05) is 5.56 Å².